The molecule has 3 fully saturated rings. The largest absolute Gasteiger partial charge is 0.359 e. The van der Waals surface area contributed by atoms with E-state index in [4.69, 9.17) is 12.2 Å². The molecular weight excluding hydrogens is 230 g/mol. The molecule has 3 rings (SSSR count). The quantitative estimate of drug-likeness (QED) is 0.737. The highest BCUT2D eigenvalue weighted by Gasteiger charge is 2.39. The summed E-state index contributed by atoms with van der Waals surface area (Å²) in [6.45, 7) is 2.27. The predicted octanol–water partition coefficient (Wildman–Crippen LogP) is 2.04. The van der Waals surface area contributed by atoms with E-state index >= 15 is 0 Å². The van der Waals surface area contributed by atoms with Crippen molar-refractivity contribution in [2.24, 2.45) is 11.8 Å². The molecule has 2 saturated carbocycles. The first kappa shape index (κ1) is 11.7. The zero-order valence-corrected chi connectivity index (χ0v) is 11.3. The molecule has 4 heteroatoms. The van der Waals surface area contributed by atoms with E-state index < -0.39 is 0 Å². The summed E-state index contributed by atoms with van der Waals surface area (Å²) in [4.78, 5) is 0. The predicted molar refractivity (Wildman–Crippen MR) is 73.5 cm³/mol. The van der Waals surface area contributed by atoms with Crippen LogP contribution in [0.3, 0.4) is 0 Å². The van der Waals surface area contributed by atoms with Gasteiger partial charge in [-0.1, -0.05) is 12.8 Å². The first-order valence-corrected chi connectivity index (χ1v) is 7.54. The Kier molecular flexibility index (Phi) is 3.52. The Morgan fingerprint density at radius 1 is 1.06 bits per heavy atom. The molecule has 2 aliphatic carbocycles. The highest BCUT2D eigenvalue weighted by molar-refractivity contribution is 7.80. The summed E-state index contributed by atoms with van der Waals surface area (Å²) >= 11 is 5.42. The van der Waals surface area contributed by atoms with Gasteiger partial charge in [0.2, 0.25) is 0 Å². The maximum Gasteiger partial charge on any atom is 0.181 e. The summed E-state index contributed by atoms with van der Waals surface area (Å²) in [5.74, 6) is 1.87. The molecule has 0 spiro atoms. The van der Waals surface area contributed by atoms with Crippen molar-refractivity contribution in [2.45, 2.75) is 51.0 Å². The van der Waals surface area contributed by atoms with Crippen molar-refractivity contribution in [1.82, 2.24) is 15.8 Å². The van der Waals surface area contributed by atoms with Crippen LogP contribution in [0.1, 0.15) is 44.9 Å². The smallest absolute Gasteiger partial charge is 0.181 e. The van der Waals surface area contributed by atoms with Crippen LogP contribution in [-0.4, -0.2) is 29.3 Å². The van der Waals surface area contributed by atoms with E-state index in [2.05, 4.69) is 15.8 Å². The molecule has 0 amide bonds. The zero-order chi connectivity index (χ0) is 11.7. The normalized spacial score (nSPS) is 37.1. The summed E-state index contributed by atoms with van der Waals surface area (Å²) in [5.41, 5.74) is 3.36. The standard InChI is InChI=1S/C13H23N3S/c17-13(15-16-6-2-1-3-7-16)14-12-9-10-4-5-11(12)8-10/h10-12H,1-9H2,(H2,14,15,17)/t10-,11+,12-/m0/s1. The van der Waals surface area contributed by atoms with Gasteiger partial charge in [0.05, 0.1) is 0 Å². The number of thiocarbonyl (C=S) groups is 1. The molecular formula is C13H23N3S. The number of fused-ring (bicyclic) bond motifs is 2. The van der Waals surface area contributed by atoms with Crippen molar-refractivity contribution in [2.75, 3.05) is 13.1 Å². The molecule has 0 radical (unpaired) electrons. The topological polar surface area (TPSA) is 27.3 Å². The Balaban J connectivity index is 1.44. The summed E-state index contributed by atoms with van der Waals surface area (Å²) in [6, 6.07) is 0.651. The third-order valence-corrected chi connectivity index (χ3v) is 4.88. The Morgan fingerprint density at radius 3 is 2.53 bits per heavy atom. The number of hydrazine groups is 1. The fourth-order valence-corrected chi connectivity index (χ4v) is 4.05. The van der Waals surface area contributed by atoms with Crippen LogP contribution in [0, 0.1) is 11.8 Å². The minimum Gasteiger partial charge on any atom is -0.359 e. The van der Waals surface area contributed by atoms with Crippen molar-refractivity contribution < 1.29 is 0 Å². The second-order valence-electron chi connectivity index (χ2n) is 5.91. The van der Waals surface area contributed by atoms with Gasteiger partial charge >= 0.3 is 0 Å². The zero-order valence-electron chi connectivity index (χ0n) is 10.5. The first-order valence-electron chi connectivity index (χ1n) is 7.13. The van der Waals surface area contributed by atoms with Gasteiger partial charge in [0, 0.05) is 19.1 Å². The Hall–Kier alpha value is -0.350. The molecule has 0 aromatic heterocycles. The summed E-state index contributed by atoms with van der Waals surface area (Å²) < 4.78 is 0. The number of hydrogen-bond acceptors (Lipinski definition) is 2. The van der Waals surface area contributed by atoms with Crippen LogP contribution < -0.4 is 10.7 Å². The highest BCUT2D eigenvalue weighted by atomic mass is 32.1. The lowest BCUT2D eigenvalue weighted by molar-refractivity contribution is 0.192. The molecule has 17 heavy (non-hydrogen) atoms. The molecule has 1 saturated heterocycles. The van der Waals surface area contributed by atoms with Crippen LogP contribution in [0.4, 0.5) is 0 Å². The molecule has 1 heterocycles. The van der Waals surface area contributed by atoms with E-state index in [0.717, 1.165) is 30.0 Å². The minimum atomic E-state index is 0.651. The summed E-state index contributed by atoms with van der Waals surface area (Å²) in [6.07, 6.45) is 9.60. The number of nitrogens with zero attached hydrogens (tertiary/aromatic N) is 1. The number of rotatable bonds is 2. The lowest BCUT2D eigenvalue weighted by Gasteiger charge is -2.30. The van der Waals surface area contributed by atoms with Gasteiger partial charge in [-0.25, -0.2) is 5.01 Å². The van der Waals surface area contributed by atoms with E-state index in [-0.39, 0.29) is 0 Å². The average Bonchev–Trinajstić information content (AvgIpc) is 2.92. The van der Waals surface area contributed by atoms with Crippen molar-refractivity contribution >= 4 is 17.3 Å². The first-order chi connectivity index (χ1) is 8.31. The van der Waals surface area contributed by atoms with Gasteiger partial charge < -0.3 is 5.32 Å². The van der Waals surface area contributed by atoms with E-state index in [1.807, 2.05) is 0 Å². The molecule has 3 atom stereocenters. The van der Waals surface area contributed by atoms with Crippen molar-refractivity contribution in [3.05, 3.63) is 0 Å². The lowest BCUT2D eigenvalue weighted by Crippen LogP contribution is -2.52. The minimum absolute atomic E-state index is 0.651. The van der Waals surface area contributed by atoms with Crippen LogP contribution in [-0.2, 0) is 0 Å². The highest BCUT2D eigenvalue weighted by Crippen LogP contribution is 2.44. The number of nitrogens with one attached hydrogen (secondary N) is 2. The number of piperidine rings is 1. The summed E-state index contributed by atoms with van der Waals surface area (Å²) in [7, 11) is 0. The second kappa shape index (κ2) is 5.11. The Bertz CT molecular complexity index is 288. The number of hydrogen-bond donors (Lipinski definition) is 2. The monoisotopic (exact) mass is 253 g/mol. The third-order valence-electron chi connectivity index (χ3n) is 4.67. The van der Waals surface area contributed by atoms with Crippen LogP contribution in [0.25, 0.3) is 0 Å². The molecule has 0 aromatic rings. The molecule has 0 unspecified atom stereocenters. The molecule has 96 valence electrons. The van der Waals surface area contributed by atoms with Crippen LogP contribution in [0.5, 0.6) is 0 Å². The summed E-state index contributed by atoms with van der Waals surface area (Å²) in [5, 5.41) is 6.66. The van der Waals surface area contributed by atoms with Crippen LogP contribution in [0.2, 0.25) is 0 Å². The fraction of sp³-hybridized carbons (Fsp3) is 0.923. The molecule has 2 N–H and O–H groups in total. The van der Waals surface area contributed by atoms with Crippen LogP contribution in [0.15, 0.2) is 0 Å². The average molecular weight is 253 g/mol. The Morgan fingerprint density at radius 2 is 1.88 bits per heavy atom. The van der Waals surface area contributed by atoms with E-state index in [1.165, 1.54) is 44.9 Å². The van der Waals surface area contributed by atoms with Gasteiger partial charge in [0.25, 0.3) is 0 Å². The van der Waals surface area contributed by atoms with E-state index in [0.29, 0.717) is 6.04 Å². The van der Waals surface area contributed by atoms with E-state index in [1.54, 1.807) is 0 Å². The maximum atomic E-state index is 5.42. The maximum absolute atomic E-state index is 5.42. The van der Waals surface area contributed by atoms with Crippen molar-refractivity contribution in [3.8, 4) is 0 Å². The molecule has 3 aliphatic rings. The van der Waals surface area contributed by atoms with Gasteiger partial charge in [-0.05, 0) is 56.2 Å². The lowest BCUT2D eigenvalue weighted by atomic mass is 9.96. The molecule has 0 aromatic carbocycles. The molecule has 1 aliphatic heterocycles. The van der Waals surface area contributed by atoms with Gasteiger partial charge in [0.1, 0.15) is 0 Å². The fourth-order valence-electron chi connectivity index (χ4n) is 3.77. The van der Waals surface area contributed by atoms with Gasteiger partial charge in [-0.2, -0.15) is 0 Å². The van der Waals surface area contributed by atoms with Gasteiger partial charge in [-0.3, -0.25) is 5.43 Å². The third kappa shape index (κ3) is 2.74. The Labute approximate surface area is 109 Å². The van der Waals surface area contributed by atoms with Gasteiger partial charge in [0.15, 0.2) is 5.11 Å². The van der Waals surface area contributed by atoms with Gasteiger partial charge in [-0.15, -0.1) is 0 Å². The van der Waals surface area contributed by atoms with Crippen LogP contribution >= 0.6 is 12.2 Å². The van der Waals surface area contributed by atoms with Crippen molar-refractivity contribution in [3.63, 3.8) is 0 Å². The SMILES string of the molecule is S=C(N[C@H]1C[C@H]2CC[C@@H]1C2)NN1CCCCC1. The molecule has 2 bridgehead atoms. The van der Waals surface area contributed by atoms with Crippen molar-refractivity contribution in [1.29, 1.82) is 0 Å². The second-order valence-corrected chi connectivity index (χ2v) is 6.32. The van der Waals surface area contributed by atoms with E-state index in [9.17, 15) is 0 Å². The molecule has 3 nitrogen and oxygen atoms in total.